The molecule has 0 saturated carbocycles. The van der Waals surface area contributed by atoms with Crippen LogP contribution >= 0.6 is 0 Å². The monoisotopic (exact) mass is 353 g/mol. The highest BCUT2D eigenvalue weighted by Gasteiger charge is 2.11. The van der Waals surface area contributed by atoms with Gasteiger partial charge in [0.05, 0.1) is 0 Å². The molecule has 7 heteroatoms. The summed E-state index contributed by atoms with van der Waals surface area (Å²) in [5.74, 6) is -0.556. The number of hydrogen-bond acceptors (Lipinski definition) is 5. The summed E-state index contributed by atoms with van der Waals surface area (Å²) in [7, 11) is 0. The number of amides is 1. The van der Waals surface area contributed by atoms with Crippen LogP contribution < -0.4 is 17.2 Å². The average Bonchev–Trinajstić information content (AvgIpc) is 2.44. The molecule has 0 fully saturated rings. The van der Waals surface area contributed by atoms with E-state index in [0.717, 1.165) is 5.69 Å². The van der Waals surface area contributed by atoms with Crippen molar-refractivity contribution in [2.45, 2.75) is 40.2 Å². The van der Waals surface area contributed by atoms with Gasteiger partial charge in [-0.1, -0.05) is 32.6 Å². The predicted octanol–water partition coefficient (Wildman–Crippen LogP) is 2.60. The molecule has 1 atom stereocenters. The van der Waals surface area contributed by atoms with Gasteiger partial charge in [0.1, 0.15) is 12.6 Å². The van der Waals surface area contributed by atoms with Gasteiger partial charge in [0, 0.05) is 5.69 Å². The van der Waals surface area contributed by atoms with E-state index in [4.69, 9.17) is 16.6 Å². The zero-order chi connectivity index (χ0) is 20.0. The van der Waals surface area contributed by atoms with Gasteiger partial charge in [-0.2, -0.15) is 0 Å². The number of rotatable bonds is 5. The number of nitrogens with two attached hydrogens (primary N) is 3. The molecule has 25 heavy (non-hydrogen) atoms. The first-order chi connectivity index (χ1) is 11.5. The van der Waals surface area contributed by atoms with E-state index in [1.54, 1.807) is 0 Å². The summed E-state index contributed by atoms with van der Waals surface area (Å²) in [6.07, 6.45) is 1.24. The third kappa shape index (κ3) is 17.6. The van der Waals surface area contributed by atoms with Crippen molar-refractivity contribution in [3.8, 4) is 0 Å². The first-order valence-electron chi connectivity index (χ1n) is 7.84. The van der Waals surface area contributed by atoms with Gasteiger partial charge in [-0.3, -0.25) is 4.79 Å². The number of anilines is 1. The SMILES string of the molecule is C=CCOC(N)=O.CC(C)C[C@H](N)C(=O)O.Cc1cc(C)cc(N)c1. The van der Waals surface area contributed by atoms with E-state index >= 15 is 0 Å². The van der Waals surface area contributed by atoms with Crippen LogP contribution in [0.2, 0.25) is 0 Å². The minimum atomic E-state index is -0.913. The standard InChI is InChI=1S/C8H11N.C6H13NO2.C4H7NO2/c1-6-3-7(2)5-8(9)4-6;1-4(2)3-5(7)6(8)9;1-2-3-7-4(5)6/h3-5H,9H2,1-2H3;4-5H,3,7H2,1-2H3,(H,8,9);2H,1,3H2,(H2,5,6)/t;5-;/m.0./s1. The summed E-state index contributed by atoms with van der Waals surface area (Å²) in [5, 5.41) is 8.31. The summed E-state index contributed by atoms with van der Waals surface area (Å²) >= 11 is 0. The Labute approximate surface area is 149 Å². The van der Waals surface area contributed by atoms with Crippen molar-refractivity contribution in [2.75, 3.05) is 12.3 Å². The Morgan fingerprint density at radius 1 is 1.24 bits per heavy atom. The highest BCUT2D eigenvalue weighted by atomic mass is 16.5. The van der Waals surface area contributed by atoms with Gasteiger partial charge < -0.3 is 27.0 Å². The quantitative estimate of drug-likeness (QED) is 0.473. The maximum atomic E-state index is 10.1. The van der Waals surface area contributed by atoms with Crippen LogP contribution in [0.15, 0.2) is 30.9 Å². The molecular formula is C18H31N3O4. The van der Waals surface area contributed by atoms with E-state index in [0.29, 0.717) is 12.3 Å². The first kappa shape index (κ1) is 24.7. The molecule has 0 aliphatic carbocycles. The number of carbonyl (C=O) groups is 2. The molecule has 1 aromatic carbocycles. The van der Waals surface area contributed by atoms with E-state index in [2.05, 4.69) is 23.1 Å². The lowest BCUT2D eigenvalue weighted by molar-refractivity contribution is -0.138. The Hall–Kier alpha value is -2.54. The maximum Gasteiger partial charge on any atom is 0.404 e. The van der Waals surface area contributed by atoms with Gasteiger partial charge in [-0.15, -0.1) is 0 Å². The van der Waals surface area contributed by atoms with Crippen molar-refractivity contribution in [3.05, 3.63) is 42.0 Å². The molecule has 1 rings (SSSR count). The molecule has 0 radical (unpaired) electrons. The lowest BCUT2D eigenvalue weighted by atomic mass is 10.1. The van der Waals surface area contributed by atoms with Crippen LogP contribution in [0.4, 0.5) is 10.5 Å². The van der Waals surface area contributed by atoms with Gasteiger partial charge in [-0.05, 0) is 49.4 Å². The predicted molar refractivity (Wildman–Crippen MR) is 101 cm³/mol. The number of carbonyl (C=O) groups excluding carboxylic acids is 1. The van der Waals surface area contributed by atoms with Crippen molar-refractivity contribution in [2.24, 2.45) is 17.4 Å². The van der Waals surface area contributed by atoms with E-state index in [1.807, 2.05) is 39.8 Å². The second-order valence-corrected chi connectivity index (χ2v) is 5.91. The topological polar surface area (TPSA) is 142 Å². The van der Waals surface area contributed by atoms with E-state index in [1.165, 1.54) is 17.2 Å². The number of aliphatic carboxylic acids is 1. The lowest BCUT2D eigenvalue weighted by Gasteiger charge is -2.07. The second kappa shape index (κ2) is 13.9. The minimum Gasteiger partial charge on any atom is -0.480 e. The number of carboxylic acids is 1. The summed E-state index contributed by atoms with van der Waals surface area (Å²) in [4.78, 5) is 19.8. The van der Waals surface area contributed by atoms with Crippen LogP contribution in [-0.4, -0.2) is 29.8 Å². The fourth-order valence-corrected chi connectivity index (χ4v) is 1.76. The van der Waals surface area contributed by atoms with Crippen LogP contribution in [-0.2, 0) is 9.53 Å². The maximum absolute atomic E-state index is 10.1. The van der Waals surface area contributed by atoms with Crippen LogP contribution in [0.25, 0.3) is 0 Å². The zero-order valence-corrected chi connectivity index (χ0v) is 15.5. The van der Waals surface area contributed by atoms with Crippen molar-refractivity contribution in [1.82, 2.24) is 0 Å². The summed E-state index contributed by atoms with van der Waals surface area (Å²) in [6.45, 7) is 11.5. The van der Waals surface area contributed by atoms with Crippen molar-refractivity contribution < 1.29 is 19.4 Å². The fraction of sp³-hybridized carbons (Fsp3) is 0.444. The molecule has 0 spiro atoms. The fourth-order valence-electron chi connectivity index (χ4n) is 1.76. The molecule has 0 bridgehead atoms. The zero-order valence-electron chi connectivity index (χ0n) is 15.5. The van der Waals surface area contributed by atoms with E-state index in [-0.39, 0.29) is 6.61 Å². The third-order valence-electron chi connectivity index (χ3n) is 2.63. The van der Waals surface area contributed by atoms with Crippen LogP contribution in [0.1, 0.15) is 31.4 Å². The Morgan fingerprint density at radius 2 is 1.72 bits per heavy atom. The Morgan fingerprint density at radius 3 is 1.92 bits per heavy atom. The van der Waals surface area contributed by atoms with Gasteiger partial charge in [0.25, 0.3) is 0 Å². The van der Waals surface area contributed by atoms with Crippen LogP contribution in [0.3, 0.4) is 0 Å². The smallest absolute Gasteiger partial charge is 0.404 e. The molecule has 0 heterocycles. The number of hydrogen-bond donors (Lipinski definition) is 4. The van der Waals surface area contributed by atoms with Crippen molar-refractivity contribution in [3.63, 3.8) is 0 Å². The lowest BCUT2D eigenvalue weighted by Crippen LogP contribution is -2.31. The summed E-state index contributed by atoms with van der Waals surface area (Å²) in [5.41, 5.74) is 18.7. The van der Waals surface area contributed by atoms with Gasteiger partial charge in [0.15, 0.2) is 0 Å². The number of primary amides is 1. The molecule has 0 unspecified atom stereocenters. The molecule has 7 nitrogen and oxygen atoms in total. The molecule has 7 N–H and O–H groups in total. The summed E-state index contributed by atoms with van der Waals surface area (Å²) in [6, 6.07) is 5.35. The number of nitrogen functional groups attached to an aromatic ring is 1. The van der Waals surface area contributed by atoms with Gasteiger partial charge >= 0.3 is 12.1 Å². The number of benzene rings is 1. The van der Waals surface area contributed by atoms with Crippen molar-refractivity contribution in [1.29, 1.82) is 0 Å². The minimum absolute atomic E-state index is 0.190. The molecule has 0 aromatic heterocycles. The first-order valence-corrected chi connectivity index (χ1v) is 7.84. The molecule has 0 aliphatic rings. The van der Waals surface area contributed by atoms with E-state index < -0.39 is 18.1 Å². The van der Waals surface area contributed by atoms with Crippen LogP contribution in [0.5, 0.6) is 0 Å². The number of ether oxygens (including phenoxy) is 1. The molecule has 1 amide bonds. The average molecular weight is 353 g/mol. The molecule has 142 valence electrons. The highest BCUT2D eigenvalue weighted by molar-refractivity contribution is 5.72. The normalized spacial score (nSPS) is 10.5. The Balaban J connectivity index is 0. The largest absolute Gasteiger partial charge is 0.480 e. The summed E-state index contributed by atoms with van der Waals surface area (Å²) < 4.78 is 4.21. The van der Waals surface area contributed by atoms with Crippen molar-refractivity contribution >= 4 is 17.7 Å². The van der Waals surface area contributed by atoms with Gasteiger partial charge in [-0.25, -0.2) is 4.79 Å². The van der Waals surface area contributed by atoms with E-state index in [9.17, 15) is 9.59 Å². The number of carboxylic acid groups (broad SMARTS) is 1. The molecular weight excluding hydrogens is 322 g/mol. The molecule has 0 saturated heterocycles. The highest BCUT2D eigenvalue weighted by Crippen LogP contribution is 2.08. The van der Waals surface area contributed by atoms with Gasteiger partial charge in [0.2, 0.25) is 0 Å². The second-order valence-electron chi connectivity index (χ2n) is 5.91. The molecule has 0 aliphatic heterocycles. The number of aryl methyl sites for hydroxylation is 2. The van der Waals surface area contributed by atoms with Crippen LogP contribution in [0, 0.1) is 19.8 Å². The Bertz CT molecular complexity index is 495. The molecule has 1 aromatic rings. The third-order valence-corrected chi connectivity index (χ3v) is 2.63. The Kier molecular flexibility index (Phi) is 13.7.